The molecule has 6 heteroatoms. The van der Waals surface area contributed by atoms with Crippen molar-refractivity contribution in [1.82, 2.24) is 4.90 Å². The Kier molecular flexibility index (Phi) is 4.70. The number of amides is 1. The monoisotopic (exact) mass is 384 g/mol. The number of aryl methyl sites for hydroxylation is 1. The quantitative estimate of drug-likeness (QED) is 0.672. The van der Waals surface area contributed by atoms with Crippen LogP contribution in [0.1, 0.15) is 16.1 Å². The lowest BCUT2D eigenvalue weighted by atomic mass is 10.1. The average Bonchev–Trinajstić information content (AvgIpc) is 3.04. The summed E-state index contributed by atoms with van der Waals surface area (Å²) in [4.78, 5) is 17.1. The highest BCUT2D eigenvalue weighted by Crippen LogP contribution is 2.30. The summed E-state index contributed by atoms with van der Waals surface area (Å²) in [5.74, 6) is 1.09. The van der Waals surface area contributed by atoms with Crippen LogP contribution in [0, 0.1) is 6.92 Å². The lowest BCUT2D eigenvalue weighted by Gasteiger charge is -2.36. The highest BCUT2D eigenvalue weighted by Gasteiger charge is 2.27. The average molecular weight is 385 g/mol. The van der Waals surface area contributed by atoms with Crippen molar-refractivity contribution in [2.45, 2.75) is 6.92 Å². The topological polar surface area (TPSA) is 45.9 Å². The molecule has 5 nitrogen and oxygen atoms in total. The highest BCUT2D eigenvalue weighted by molar-refractivity contribution is 6.33. The number of piperazine rings is 1. The van der Waals surface area contributed by atoms with Gasteiger partial charge in [-0.05, 0) is 37.3 Å². The maximum absolute atomic E-state index is 13.0. The van der Waals surface area contributed by atoms with Crippen molar-refractivity contribution in [2.75, 3.05) is 38.2 Å². The fraction of sp³-hybridized carbons (Fsp3) is 0.286. The van der Waals surface area contributed by atoms with E-state index in [9.17, 15) is 4.79 Å². The molecular weight excluding hydrogens is 364 g/mol. The van der Waals surface area contributed by atoms with E-state index in [1.54, 1.807) is 7.11 Å². The van der Waals surface area contributed by atoms with Gasteiger partial charge in [0.2, 0.25) is 0 Å². The predicted octanol–water partition coefficient (Wildman–Crippen LogP) is 4.37. The lowest BCUT2D eigenvalue weighted by Crippen LogP contribution is -2.48. The van der Waals surface area contributed by atoms with Crippen molar-refractivity contribution in [3.63, 3.8) is 0 Å². The second-order valence-electron chi connectivity index (χ2n) is 6.65. The molecular formula is C21H21ClN2O3. The summed E-state index contributed by atoms with van der Waals surface area (Å²) in [6, 6.07) is 13.4. The Morgan fingerprint density at radius 3 is 2.56 bits per heavy atom. The SMILES string of the molecule is COc1ccc2oc(C(=O)N3CCN(c4ccccc4Cl)CC3)c(C)c2c1. The largest absolute Gasteiger partial charge is 0.497 e. The van der Waals surface area contributed by atoms with Crippen LogP contribution in [0.5, 0.6) is 5.75 Å². The molecule has 27 heavy (non-hydrogen) atoms. The Bertz CT molecular complexity index is 990. The van der Waals surface area contributed by atoms with Crippen LogP contribution in [-0.2, 0) is 0 Å². The van der Waals surface area contributed by atoms with Gasteiger partial charge in [0.05, 0.1) is 17.8 Å². The number of carbonyl (C=O) groups excluding carboxylic acids is 1. The molecule has 0 saturated carbocycles. The zero-order chi connectivity index (χ0) is 19.0. The van der Waals surface area contributed by atoms with E-state index in [-0.39, 0.29) is 5.91 Å². The van der Waals surface area contributed by atoms with Crippen LogP contribution in [0.2, 0.25) is 5.02 Å². The number of furan rings is 1. The van der Waals surface area contributed by atoms with Crippen LogP contribution < -0.4 is 9.64 Å². The first-order valence-electron chi connectivity index (χ1n) is 8.94. The maximum atomic E-state index is 13.0. The fourth-order valence-electron chi connectivity index (χ4n) is 3.53. The van der Waals surface area contributed by atoms with Crippen molar-refractivity contribution in [2.24, 2.45) is 0 Å². The van der Waals surface area contributed by atoms with Crippen LogP contribution in [0.4, 0.5) is 5.69 Å². The number of methoxy groups -OCH3 is 1. The minimum Gasteiger partial charge on any atom is -0.497 e. The molecule has 0 unspecified atom stereocenters. The molecule has 0 spiro atoms. The van der Waals surface area contributed by atoms with Crippen LogP contribution >= 0.6 is 11.6 Å². The number of halogens is 1. The molecule has 1 aromatic heterocycles. The van der Waals surface area contributed by atoms with Gasteiger partial charge in [0.15, 0.2) is 5.76 Å². The third-order valence-corrected chi connectivity index (χ3v) is 5.42. The first kappa shape index (κ1) is 17.7. The zero-order valence-corrected chi connectivity index (χ0v) is 16.1. The molecule has 0 radical (unpaired) electrons. The number of hydrogen-bond donors (Lipinski definition) is 0. The third kappa shape index (κ3) is 3.23. The van der Waals surface area contributed by atoms with Gasteiger partial charge in [-0.3, -0.25) is 4.79 Å². The maximum Gasteiger partial charge on any atom is 0.290 e. The normalized spacial score (nSPS) is 14.6. The Balaban J connectivity index is 1.52. The highest BCUT2D eigenvalue weighted by atomic mass is 35.5. The van der Waals surface area contributed by atoms with Gasteiger partial charge in [-0.1, -0.05) is 23.7 Å². The molecule has 1 aliphatic rings. The van der Waals surface area contributed by atoms with Crippen molar-refractivity contribution >= 4 is 34.2 Å². The number of ether oxygens (including phenoxy) is 1. The first-order valence-corrected chi connectivity index (χ1v) is 9.32. The number of nitrogens with zero attached hydrogens (tertiary/aromatic N) is 2. The van der Waals surface area contributed by atoms with E-state index in [4.69, 9.17) is 20.8 Å². The van der Waals surface area contributed by atoms with Crippen LogP contribution in [0.15, 0.2) is 46.9 Å². The summed E-state index contributed by atoms with van der Waals surface area (Å²) < 4.78 is 11.1. The smallest absolute Gasteiger partial charge is 0.290 e. The van der Waals surface area contributed by atoms with Crippen molar-refractivity contribution in [3.8, 4) is 5.75 Å². The molecule has 2 aromatic carbocycles. The summed E-state index contributed by atoms with van der Waals surface area (Å²) >= 11 is 6.30. The predicted molar refractivity (Wildman–Crippen MR) is 107 cm³/mol. The third-order valence-electron chi connectivity index (χ3n) is 5.10. The van der Waals surface area contributed by atoms with Gasteiger partial charge in [0.1, 0.15) is 11.3 Å². The molecule has 3 aromatic rings. The fourth-order valence-corrected chi connectivity index (χ4v) is 3.79. The molecule has 1 fully saturated rings. The second kappa shape index (κ2) is 7.16. The second-order valence-corrected chi connectivity index (χ2v) is 7.06. The van der Waals surface area contributed by atoms with E-state index in [1.807, 2.05) is 54.3 Å². The molecule has 0 N–H and O–H groups in total. The van der Waals surface area contributed by atoms with Crippen LogP contribution in [0.3, 0.4) is 0 Å². The van der Waals surface area contributed by atoms with Gasteiger partial charge in [0.25, 0.3) is 5.91 Å². The Hall–Kier alpha value is -2.66. The molecule has 0 atom stereocenters. The summed E-state index contributed by atoms with van der Waals surface area (Å²) in [7, 11) is 1.63. The molecule has 4 rings (SSSR count). The molecule has 140 valence electrons. The lowest BCUT2D eigenvalue weighted by molar-refractivity contribution is 0.0716. The van der Waals surface area contributed by atoms with Gasteiger partial charge >= 0.3 is 0 Å². The molecule has 1 saturated heterocycles. The van der Waals surface area contributed by atoms with Crippen molar-refractivity contribution in [3.05, 3.63) is 58.8 Å². The standard InChI is InChI=1S/C21H21ClN2O3/c1-14-16-13-15(26-2)7-8-19(16)27-20(14)21(25)24-11-9-23(10-12-24)18-6-4-3-5-17(18)22/h3-8,13H,9-12H2,1-2H3. The molecule has 1 amide bonds. The van der Waals surface area contributed by atoms with E-state index in [0.29, 0.717) is 24.4 Å². The van der Waals surface area contributed by atoms with E-state index in [2.05, 4.69) is 4.90 Å². The van der Waals surface area contributed by atoms with E-state index >= 15 is 0 Å². The number of fused-ring (bicyclic) bond motifs is 1. The van der Waals surface area contributed by atoms with E-state index < -0.39 is 0 Å². The van der Waals surface area contributed by atoms with Crippen LogP contribution in [-0.4, -0.2) is 44.1 Å². The summed E-state index contributed by atoms with van der Waals surface area (Å²) in [6.07, 6.45) is 0. The van der Waals surface area contributed by atoms with E-state index in [1.165, 1.54) is 0 Å². The Morgan fingerprint density at radius 1 is 1.11 bits per heavy atom. The summed E-state index contributed by atoms with van der Waals surface area (Å²) in [5.41, 5.74) is 2.56. The van der Waals surface area contributed by atoms with Crippen molar-refractivity contribution < 1.29 is 13.9 Å². The summed E-state index contributed by atoms with van der Waals surface area (Å²) in [5, 5.41) is 1.65. The number of rotatable bonds is 3. The summed E-state index contributed by atoms with van der Waals surface area (Å²) in [6.45, 7) is 4.65. The number of benzene rings is 2. The molecule has 1 aliphatic heterocycles. The van der Waals surface area contributed by atoms with Crippen molar-refractivity contribution in [1.29, 1.82) is 0 Å². The minimum absolute atomic E-state index is 0.0681. The number of hydrogen-bond acceptors (Lipinski definition) is 4. The van der Waals surface area contributed by atoms with Gasteiger partial charge in [0, 0.05) is 37.1 Å². The Labute approximate surface area is 163 Å². The zero-order valence-electron chi connectivity index (χ0n) is 15.4. The minimum atomic E-state index is -0.0681. The number of para-hydroxylation sites is 1. The van der Waals surface area contributed by atoms with Gasteiger partial charge in [-0.25, -0.2) is 0 Å². The van der Waals surface area contributed by atoms with E-state index in [0.717, 1.165) is 40.5 Å². The molecule has 2 heterocycles. The van der Waals surface area contributed by atoms with Crippen LogP contribution in [0.25, 0.3) is 11.0 Å². The first-order chi connectivity index (χ1) is 13.1. The number of carbonyl (C=O) groups is 1. The van der Waals surface area contributed by atoms with Gasteiger partial charge in [-0.2, -0.15) is 0 Å². The van der Waals surface area contributed by atoms with Gasteiger partial charge < -0.3 is 19.0 Å². The van der Waals surface area contributed by atoms with Gasteiger partial charge in [-0.15, -0.1) is 0 Å². The number of anilines is 1. The molecule has 0 bridgehead atoms. The molecule has 0 aliphatic carbocycles. The Morgan fingerprint density at radius 2 is 1.85 bits per heavy atom.